The van der Waals surface area contributed by atoms with Gasteiger partial charge in [0.25, 0.3) is 11.8 Å². The molecule has 0 radical (unpaired) electrons. The van der Waals surface area contributed by atoms with Crippen molar-refractivity contribution in [2.45, 2.75) is 19.8 Å². The molecular formula is C18H22N2O6. The van der Waals surface area contributed by atoms with Crippen LogP contribution in [0.2, 0.25) is 0 Å². The molecule has 1 aromatic carbocycles. The molecule has 2 amide bonds. The molecular weight excluding hydrogens is 340 g/mol. The van der Waals surface area contributed by atoms with Crippen molar-refractivity contribution in [3.8, 4) is 11.5 Å². The van der Waals surface area contributed by atoms with Gasteiger partial charge in [-0.1, -0.05) is 6.92 Å². The summed E-state index contributed by atoms with van der Waals surface area (Å²) in [7, 11) is 0. The van der Waals surface area contributed by atoms with E-state index in [1.54, 1.807) is 23.1 Å². The molecule has 0 atom stereocenters. The molecule has 0 aromatic heterocycles. The zero-order valence-electron chi connectivity index (χ0n) is 14.7. The van der Waals surface area contributed by atoms with E-state index < -0.39 is 11.9 Å². The normalized spacial score (nSPS) is 16.3. The van der Waals surface area contributed by atoms with Gasteiger partial charge >= 0.3 is 5.97 Å². The van der Waals surface area contributed by atoms with E-state index in [9.17, 15) is 14.4 Å². The number of carbonyl (C=O) groups is 3. The number of likely N-dealkylation sites (tertiary alicyclic amines) is 1. The second-order valence-electron chi connectivity index (χ2n) is 6.47. The molecule has 0 spiro atoms. The van der Waals surface area contributed by atoms with Crippen molar-refractivity contribution in [3.05, 3.63) is 23.8 Å². The molecule has 0 aliphatic carbocycles. The van der Waals surface area contributed by atoms with Crippen LogP contribution in [-0.4, -0.2) is 55.7 Å². The molecule has 26 heavy (non-hydrogen) atoms. The van der Waals surface area contributed by atoms with Crippen LogP contribution in [-0.2, 0) is 14.3 Å². The number of ether oxygens (including phenoxy) is 3. The minimum Gasteiger partial charge on any atom is -0.454 e. The van der Waals surface area contributed by atoms with E-state index in [0.29, 0.717) is 36.1 Å². The summed E-state index contributed by atoms with van der Waals surface area (Å²) < 4.78 is 15.3. The van der Waals surface area contributed by atoms with Crippen molar-refractivity contribution in [2.75, 3.05) is 33.0 Å². The first kappa shape index (κ1) is 18.0. The maximum Gasteiger partial charge on any atom is 0.325 e. The Morgan fingerprint density at radius 3 is 2.69 bits per heavy atom. The molecule has 0 bridgehead atoms. The van der Waals surface area contributed by atoms with E-state index in [0.717, 1.165) is 12.8 Å². The van der Waals surface area contributed by atoms with Crippen molar-refractivity contribution < 1.29 is 28.6 Å². The van der Waals surface area contributed by atoms with Crippen molar-refractivity contribution in [3.63, 3.8) is 0 Å². The highest BCUT2D eigenvalue weighted by Gasteiger charge is 2.21. The van der Waals surface area contributed by atoms with Gasteiger partial charge in [-0.05, 0) is 37.0 Å². The number of nitrogens with zero attached hydrogens (tertiary/aromatic N) is 1. The smallest absolute Gasteiger partial charge is 0.325 e. The third kappa shape index (κ3) is 4.44. The minimum absolute atomic E-state index is 0.122. The number of hydrogen-bond acceptors (Lipinski definition) is 6. The first-order chi connectivity index (χ1) is 12.5. The van der Waals surface area contributed by atoms with E-state index in [2.05, 4.69) is 12.2 Å². The van der Waals surface area contributed by atoms with Gasteiger partial charge in [-0.3, -0.25) is 14.4 Å². The Morgan fingerprint density at radius 1 is 1.19 bits per heavy atom. The second-order valence-corrected chi connectivity index (χ2v) is 6.47. The van der Waals surface area contributed by atoms with Gasteiger partial charge in [-0.25, -0.2) is 0 Å². The van der Waals surface area contributed by atoms with E-state index in [-0.39, 0.29) is 25.9 Å². The first-order valence-electron chi connectivity index (χ1n) is 8.64. The van der Waals surface area contributed by atoms with E-state index in [1.807, 2.05) is 0 Å². The zero-order valence-corrected chi connectivity index (χ0v) is 14.7. The third-order valence-corrected chi connectivity index (χ3v) is 4.52. The fourth-order valence-electron chi connectivity index (χ4n) is 2.83. The summed E-state index contributed by atoms with van der Waals surface area (Å²) in [5.41, 5.74) is 0.348. The lowest BCUT2D eigenvalue weighted by atomic mass is 9.99. The van der Waals surface area contributed by atoms with Gasteiger partial charge in [-0.15, -0.1) is 0 Å². The standard InChI is InChI=1S/C18H22N2O6/c1-12-4-6-20(7-5-12)16(21)10-24-17(22)9-19-18(23)13-2-3-14-15(8-13)26-11-25-14/h2-3,8,12H,4-7,9-11H2,1H3,(H,19,23). The maximum atomic E-state index is 12.1. The highest BCUT2D eigenvalue weighted by Crippen LogP contribution is 2.32. The van der Waals surface area contributed by atoms with Crippen LogP contribution in [0.5, 0.6) is 11.5 Å². The molecule has 0 unspecified atom stereocenters. The molecule has 1 N–H and O–H groups in total. The van der Waals surface area contributed by atoms with E-state index in [4.69, 9.17) is 14.2 Å². The summed E-state index contributed by atoms with van der Waals surface area (Å²) in [5, 5.41) is 2.46. The van der Waals surface area contributed by atoms with Gasteiger partial charge in [0.1, 0.15) is 6.54 Å². The summed E-state index contributed by atoms with van der Waals surface area (Å²) in [5.74, 6) is 0.392. The Morgan fingerprint density at radius 2 is 1.92 bits per heavy atom. The Bertz CT molecular complexity index is 697. The van der Waals surface area contributed by atoms with E-state index >= 15 is 0 Å². The number of hydrogen-bond donors (Lipinski definition) is 1. The van der Waals surface area contributed by atoms with Crippen molar-refractivity contribution in [2.24, 2.45) is 5.92 Å². The van der Waals surface area contributed by atoms with Gasteiger partial charge in [0.2, 0.25) is 6.79 Å². The topological polar surface area (TPSA) is 94.2 Å². The monoisotopic (exact) mass is 362 g/mol. The average Bonchev–Trinajstić information content (AvgIpc) is 3.12. The number of benzene rings is 1. The number of piperidine rings is 1. The summed E-state index contributed by atoms with van der Waals surface area (Å²) in [6, 6.07) is 4.76. The number of carbonyl (C=O) groups excluding carboxylic acids is 3. The quantitative estimate of drug-likeness (QED) is 0.784. The van der Waals surface area contributed by atoms with Gasteiger partial charge in [0.15, 0.2) is 18.1 Å². The lowest BCUT2D eigenvalue weighted by Gasteiger charge is -2.30. The highest BCUT2D eigenvalue weighted by atomic mass is 16.7. The zero-order chi connectivity index (χ0) is 18.5. The molecule has 0 saturated carbocycles. The SMILES string of the molecule is CC1CCN(C(=O)COC(=O)CNC(=O)c2ccc3c(c2)OCO3)CC1. The van der Waals surface area contributed by atoms with Gasteiger partial charge in [0, 0.05) is 18.7 Å². The summed E-state index contributed by atoms with van der Waals surface area (Å²) in [4.78, 5) is 37.5. The Balaban J connectivity index is 1.39. The second kappa shape index (κ2) is 8.07. The number of esters is 1. The number of rotatable bonds is 5. The molecule has 2 aliphatic heterocycles. The van der Waals surface area contributed by atoms with Crippen LogP contribution in [0.25, 0.3) is 0 Å². The van der Waals surface area contributed by atoms with Crippen LogP contribution in [0.15, 0.2) is 18.2 Å². The van der Waals surface area contributed by atoms with Crippen LogP contribution in [0.3, 0.4) is 0 Å². The summed E-state index contributed by atoms with van der Waals surface area (Å²) in [6.45, 7) is 3.06. The van der Waals surface area contributed by atoms with Crippen LogP contribution in [0.1, 0.15) is 30.1 Å². The summed E-state index contributed by atoms with van der Waals surface area (Å²) >= 11 is 0. The van der Waals surface area contributed by atoms with Crippen LogP contribution >= 0.6 is 0 Å². The lowest BCUT2D eigenvalue weighted by molar-refractivity contribution is -0.151. The Hall–Kier alpha value is -2.77. The summed E-state index contributed by atoms with van der Waals surface area (Å²) in [6.07, 6.45) is 1.93. The first-order valence-corrected chi connectivity index (χ1v) is 8.64. The highest BCUT2D eigenvalue weighted by molar-refractivity contribution is 5.96. The molecule has 3 rings (SSSR count). The fraction of sp³-hybridized carbons (Fsp3) is 0.500. The molecule has 1 fully saturated rings. The molecule has 2 heterocycles. The van der Waals surface area contributed by atoms with Crippen molar-refractivity contribution in [1.29, 1.82) is 0 Å². The fourth-order valence-corrected chi connectivity index (χ4v) is 2.83. The molecule has 8 nitrogen and oxygen atoms in total. The lowest BCUT2D eigenvalue weighted by Crippen LogP contribution is -2.41. The van der Waals surface area contributed by atoms with Crippen molar-refractivity contribution >= 4 is 17.8 Å². The van der Waals surface area contributed by atoms with Crippen LogP contribution < -0.4 is 14.8 Å². The van der Waals surface area contributed by atoms with Gasteiger partial charge < -0.3 is 24.4 Å². The molecule has 1 aromatic rings. The van der Waals surface area contributed by atoms with Crippen molar-refractivity contribution in [1.82, 2.24) is 10.2 Å². The molecule has 8 heteroatoms. The molecule has 1 saturated heterocycles. The largest absolute Gasteiger partial charge is 0.454 e. The van der Waals surface area contributed by atoms with Gasteiger partial charge in [0.05, 0.1) is 0 Å². The number of amides is 2. The predicted molar refractivity (Wildman–Crippen MR) is 90.8 cm³/mol. The number of nitrogens with one attached hydrogen (secondary N) is 1. The Labute approximate surface area is 151 Å². The predicted octanol–water partition coefficient (Wildman–Crippen LogP) is 0.947. The number of fused-ring (bicyclic) bond motifs is 1. The minimum atomic E-state index is -0.655. The maximum absolute atomic E-state index is 12.1. The molecule has 140 valence electrons. The Kier molecular flexibility index (Phi) is 5.60. The van der Waals surface area contributed by atoms with Gasteiger partial charge in [-0.2, -0.15) is 0 Å². The van der Waals surface area contributed by atoms with E-state index in [1.165, 1.54) is 0 Å². The van der Waals surface area contributed by atoms with Crippen LogP contribution in [0.4, 0.5) is 0 Å². The van der Waals surface area contributed by atoms with Crippen LogP contribution in [0, 0.1) is 5.92 Å². The average molecular weight is 362 g/mol. The molecule has 2 aliphatic rings. The third-order valence-electron chi connectivity index (χ3n) is 4.52.